The normalized spacial score (nSPS) is 11.8. The molecule has 0 atom stereocenters. The minimum atomic E-state index is 0.0313. The van der Waals surface area contributed by atoms with Gasteiger partial charge in [0.25, 0.3) is 0 Å². The number of aromatic amines is 1. The summed E-state index contributed by atoms with van der Waals surface area (Å²) < 4.78 is 0. The molecular weight excluding hydrogens is 228 g/mol. The molecule has 18 heavy (non-hydrogen) atoms. The van der Waals surface area contributed by atoms with Crippen molar-refractivity contribution in [3.63, 3.8) is 0 Å². The van der Waals surface area contributed by atoms with Gasteiger partial charge in [-0.3, -0.25) is 5.10 Å². The number of rotatable bonds is 5. The molecule has 3 N–H and O–H groups in total. The Bertz CT molecular complexity index is 528. The quantitative estimate of drug-likeness (QED) is 0.757. The molecule has 6 heteroatoms. The summed E-state index contributed by atoms with van der Waals surface area (Å²) in [7, 11) is 1.81. The van der Waals surface area contributed by atoms with Gasteiger partial charge in [-0.15, -0.1) is 0 Å². The lowest BCUT2D eigenvalue weighted by Gasteiger charge is -2.29. The lowest BCUT2D eigenvalue weighted by atomic mass is 9.95. The molecule has 0 aromatic carbocycles. The number of fused-ring (bicyclic) bond motifs is 1. The van der Waals surface area contributed by atoms with Crippen molar-refractivity contribution in [1.29, 1.82) is 0 Å². The fourth-order valence-corrected chi connectivity index (χ4v) is 1.75. The molecule has 0 bridgehead atoms. The molecule has 0 saturated carbocycles. The molecular formula is C12H20N6. The van der Waals surface area contributed by atoms with E-state index < -0.39 is 0 Å². The predicted octanol–water partition coefficient (Wildman–Crippen LogP) is 2.39. The van der Waals surface area contributed by atoms with Crippen molar-refractivity contribution in [2.75, 3.05) is 17.7 Å². The first-order chi connectivity index (χ1) is 8.61. The highest BCUT2D eigenvalue weighted by Crippen LogP contribution is 2.26. The Hall–Kier alpha value is -1.85. The average Bonchev–Trinajstić information content (AvgIpc) is 2.86. The second kappa shape index (κ2) is 4.80. The Morgan fingerprint density at radius 2 is 2.00 bits per heavy atom. The predicted molar refractivity (Wildman–Crippen MR) is 73.8 cm³/mol. The van der Waals surface area contributed by atoms with E-state index >= 15 is 0 Å². The molecule has 2 aromatic heterocycles. The zero-order valence-electron chi connectivity index (χ0n) is 11.3. The van der Waals surface area contributed by atoms with Crippen molar-refractivity contribution < 1.29 is 0 Å². The molecule has 0 amide bonds. The van der Waals surface area contributed by atoms with E-state index in [1.807, 2.05) is 0 Å². The van der Waals surface area contributed by atoms with Crippen LogP contribution in [0.25, 0.3) is 11.0 Å². The molecule has 0 aliphatic heterocycles. The summed E-state index contributed by atoms with van der Waals surface area (Å²) in [6, 6.07) is 0. The van der Waals surface area contributed by atoms with E-state index in [4.69, 9.17) is 0 Å². The first-order valence-electron chi connectivity index (χ1n) is 6.29. The Morgan fingerprint density at radius 3 is 2.61 bits per heavy atom. The maximum atomic E-state index is 4.48. The van der Waals surface area contributed by atoms with Gasteiger partial charge in [-0.1, -0.05) is 13.8 Å². The van der Waals surface area contributed by atoms with Gasteiger partial charge in [0, 0.05) is 12.6 Å². The third-order valence-corrected chi connectivity index (χ3v) is 3.51. The highest BCUT2D eigenvalue weighted by atomic mass is 15.2. The van der Waals surface area contributed by atoms with Crippen LogP contribution in [0.15, 0.2) is 6.20 Å². The number of anilines is 2. The van der Waals surface area contributed by atoms with Gasteiger partial charge in [-0.2, -0.15) is 15.1 Å². The van der Waals surface area contributed by atoms with Gasteiger partial charge >= 0.3 is 0 Å². The van der Waals surface area contributed by atoms with Crippen LogP contribution < -0.4 is 10.6 Å². The highest BCUT2D eigenvalue weighted by Gasteiger charge is 2.21. The number of nitrogens with one attached hydrogen (secondary N) is 3. The van der Waals surface area contributed by atoms with Crippen molar-refractivity contribution in [1.82, 2.24) is 20.2 Å². The molecule has 2 rings (SSSR count). The second-order valence-electron chi connectivity index (χ2n) is 4.67. The molecule has 98 valence electrons. The third kappa shape index (κ3) is 2.23. The Kier molecular flexibility index (Phi) is 3.36. The largest absolute Gasteiger partial charge is 0.364 e. The minimum Gasteiger partial charge on any atom is -0.364 e. The van der Waals surface area contributed by atoms with E-state index in [-0.39, 0.29) is 5.54 Å². The molecule has 6 nitrogen and oxygen atoms in total. The fraction of sp³-hybridized carbons (Fsp3) is 0.583. The number of aromatic nitrogens is 4. The third-order valence-electron chi connectivity index (χ3n) is 3.51. The standard InChI is InChI=1S/C12H20N6/c1-5-12(3,6-2)17-9-8-7-14-18-10(8)16-11(13-4)15-9/h7H,5-6H2,1-4H3,(H3,13,14,15,16,17,18). The average molecular weight is 248 g/mol. The molecule has 0 fully saturated rings. The number of hydrogen-bond donors (Lipinski definition) is 3. The Labute approximate surface area is 107 Å². The Balaban J connectivity index is 2.45. The maximum Gasteiger partial charge on any atom is 0.226 e. The molecule has 0 unspecified atom stereocenters. The first-order valence-corrected chi connectivity index (χ1v) is 6.29. The molecule has 2 heterocycles. The van der Waals surface area contributed by atoms with Crippen LogP contribution in [0.2, 0.25) is 0 Å². The van der Waals surface area contributed by atoms with Gasteiger partial charge in [-0.25, -0.2) is 0 Å². The second-order valence-corrected chi connectivity index (χ2v) is 4.67. The summed E-state index contributed by atoms with van der Waals surface area (Å²) in [5.74, 6) is 1.41. The number of hydrogen-bond acceptors (Lipinski definition) is 5. The van der Waals surface area contributed by atoms with Crippen molar-refractivity contribution in [3.8, 4) is 0 Å². The molecule has 0 spiro atoms. The number of H-pyrrole nitrogens is 1. The minimum absolute atomic E-state index is 0.0313. The van der Waals surface area contributed by atoms with Gasteiger partial charge in [0.1, 0.15) is 5.82 Å². The SMILES string of the molecule is CCC(C)(CC)Nc1nc(NC)nc2[nH]ncc12. The van der Waals surface area contributed by atoms with E-state index in [0.717, 1.165) is 29.7 Å². The van der Waals surface area contributed by atoms with Crippen LogP contribution >= 0.6 is 0 Å². The van der Waals surface area contributed by atoms with Crippen LogP contribution in [-0.2, 0) is 0 Å². The van der Waals surface area contributed by atoms with E-state index in [1.54, 1.807) is 13.2 Å². The number of nitrogens with zero attached hydrogens (tertiary/aromatic N) is 3. The monoisotopic (exact) mass is 248 g/mol. The molecule has 0 aliphatic rings. The van der Waals surface area contributed by atoms with Crippen LogP contribution in [0.5, 0.6) is 0 Å². The summed E-state index contributed by atoms with van der Waals surface area (Å²) in [4.78, 5) is 8.79. The summed E-state index contributed by atoms with van der Waals surface area (Å²) in [6.07, 6.45) is 3.81. The summed E-state index contributed by atoms with van der Waals surface area (Å²) >= 11 is 0. The molecule has 0 saturated heterocycles. The lowest BCUT2D eigenvalue weighted by Crippen LogP contribution is -2.33. The lowest BCUT2D eigenvalue weighted by molar-refractivity contribution is 0.477. The van der Waals surface area contributed by atoms with Crippen molar-refractivity contribution in [2.24, 2.45) is 0 Å². The van der Waals surface area contributed by atoms with Gasteiger partial charge < -0.3 is 10.6 Å². The van der Waals surface area contributed by atoms with Crippen LogP contribution in [0.4, 0.5) is 11.8 Å². The van der Waals surface area contributed by atoms with Crippen LogP contribution in [0.1, 0.15) is 33.6 Å². The van der Waals surface area contributed by atoms with Crippen LogP contribution in [0, 0.1) is 0 Å². The fourth-order valence-electron chi connectivity index (χ4n) is 1.75. The van der Waals surface area contributed by atoms with E-state index in [0.29, 0.717) is 5.95 Å². The smallest absolute Gasteiger partial charge is 0.226 e. The van der Waals surface area contributed by atoms with E-state index in [9.17, 15) is 0 Å². The molecule has 0 aliphatic carbocycles. The zero-order valence-corrected chi connectivity index (χ0v) is 11.3. The van der Waals surface area contributed by atoms with Gasteiger partial charge in [-0.05, 0) is 19.8 Å². The van der Waals surface area contributed by atoms with Crippen molar-refractivity contribution >= 4 is 22.8 Å². The summed E-state index contributed by atoms with van der Waals surface area (Å²) in [5, 5.41) is 14.3. The van der Waals surface area contributed by atoms with E-state index in [1.165, 1.54) is 0 Å². The molecule has 0 radical (unpaired) electrons. The van der Waals surface area contributed by atoms with Crippen molar-refractivity contribution in [3.05, 3.63) is 6.20 Å². The van der Waals surface area contributed by atoms with E-state index in [2.05, 4.69) is 51.6 Å². The molecule has 2 aromatic rings. The Morgan fingerprint density at radius 1 is 1.28 bits per heavy atom. The summed E-state index contributed by atoms with van der Waals surface area (Å²) in [6.45, 7) is 6.53. The van der Waals surface area contributed by atoms with Crippen LogP contribution in [-0.4, -0.2) is 32.8 Å². The zero-order chi connectivity index (χ0) is 13.2. The van der Waals surface area contributed by atoms with Crippen LogP contribution in [0.3, 0.4) is 0 Å². The van der Waals surface area contributed by atoms with Gasteiger partial charge in [0.15, 0.2) is 5.65 Å². The highest BCUT2D eigenvalue weighted by molar-refractivity contribution is 5.87. The first kappa shape index (κ1) is 12.6. The van der Waals surface area contributed by atoms with Gasteiger partial charge in [0.2, 0.25) is 5.95 Å². The van der Waals surface area contributed by atoms with Gasteiger partial charge in [0.05, 0.1) is 11.6 Å². The topological polar surface area (TPSA) is 78.5 Å². The van der Waals surface area contributed by atoms with Crippen molar-refractivity contribution in [2.45, 2.75) is 39.2 Å². The maximum absolute atomic E-state index is 4.48. The summed E-state index contributed by atoms with van der Waals surface area (Å²) in [5.41, 5.74) is 0.773.